The molecule has 1 aliphatic rings. The molecule has 0 amide bonds. The van der Waals surface area contributed by atoms with Gasteiger partial charge in [-0.15, -0.1) is 0 Å². The van der Waals surface area contributed by atoms with Crippen molar-refractivity contribution in [1.29, 1.82) is 0 Å². The summed E-state index contributed by atoms with van der Waals surface area (Å²) >= 11 is 0. The molecule has 0 unspecified atom stereocenters. The molecule has 0 aliphatic carbocycles. The van der Waals surface area contributed by atoms with Crippen LogP contribution >= 0.6 is 0 Å². The van der Waals surface area contributed by atoms with Crippen LogP contribution in [0.3, 0.4) is 0 Å². The molecule has 3 heteroatoms. The Morgan fingerprint density at radius 1 is 1.14 bits per heavy atom. The number of methoxy groups -OCH3 is 1. The fourth-order valence-corrected chi connectivity index (χ4v) is 3.03. The van der Waals surface area contributed by atoms with Gasteiger partial charge < -0.3 is 10.1 Å². The van der Waals surface area contributed by atoms with Crippen LogP contribution in [0, 0.1) is 5.92 Å². The van der Waals surface area contributed by atoms with E-state index < -0.39 is 0 Å². The summed E-state index contributed by atoms with van der Waals surface area (Å²) in [4.78, 5) is 2.57. The molecular weight excluding hydrogens is 260 g/mol. The van der Waals surface area contributed by atoms with Gasteiger partial charge in [0, 0.05) is 20.3 Å². The van der Waals surface area contributed by atoms with Gasteiger partial charge in [0.15, 0.2) is 0 Å². The maximum absolute atomic E-state index is 5.26. The van der Waals surface area contributed by atoms with Crippen LogP contribution in [-0.4, -0.2) is 44.8 Å². The molecule has 0 aromatic heterocycles. The van der Waals surface area contributed by atoms with Crippen molar-refractivity contribution in [2.45, 2.75) is 32.7 Å². The Kier molecular flexibility index (Phi) is 7.20. The summed E-state index contributed by atoms with van der Waals surface area (Å²) in [6, 6.07) is 9.15. The zero-order chi connectivity index (χ0) is 14.9. The van der Waals surface area contributed by atoms with E-state index in [2.05, 4.69) is 41.4 Å². The molecule has 1 aromatic rings. The Morgan fingerprint density at radius 3 is 2.43 bits per heavy atom. The molecule has 3 nitrogen and oxygen atoms in total. The molecule has 0 bridgehead atoms. The van der Waals surface area contributed by atoms with Gasteiger partial charge in [0.2, 0.25) is 0 Å². The van der Waals surface area contributed by atoms with E-state index in [0.717, 1.165) is 38.6 Å². The number of nitrogens with one attached hydrogen (secondary N) is 1. The highest BCUT2D eigenvalue weighted by Gasteiger charge is 2.18. The minimum absolute atomic E-state index is 0.764. The normalized spacial score (nSPS) is 17.2. The van der Waals surface area contributed by atoms with Gasteiger partial charge in [0.1, 0.15) is 0 Å². The fraction of sp³-hybridized carbons (Fsp3) is 0.667. The Bertz CT molecular complexity index is 383. The molecular formula is C18H30N2O. The van der Waals surface area contributed by atoms with E-state index in [4.69, 9.17) is 4.74 Å². The van der Waals surface area contributed by atoms with E-state index in [9.17, 15) is 0 Å². The highest BCUT2D eigenvalue weighted by atomic mass is 16.5. The van der Waals surface area contributed by atoms with Crippen LogP contribution in [0.4, 0.5) is 0 Å². The molecule has 1 aromatic carbocycles. The average molecular weight is 290 g/mol. The summed E-state index contributed by atoms with van der Waals surface area (Å²) in [5, 5.41) is 3.37. The van der Waals surface area contributed by atoms with Gasteiger partial charge in [-0.3, -0.25) is 4.90 Å². The van der Waals surface area contributed by atoms with Crippen molar-refractivity contribution in [1.82, 2.24) is 10.2 Å². The third kappa shape index (κ3) is 5.77. The van der Waals surface area contributed by atoms with Crippen LogP contribution in [0.5, 0.6) is 0 Å². The van der Waals surface area contributed by atoms with E-state index in [1.165, 1.54) is 37.1 Å². The number of likely N-dealkylation sites (tertiary alicyclic amines) is 1. The smallest absolute Gasteiger partial charge is 0.0491 e. The van der Waals surface area contributed by atoms with Gasteiger partial charge in [0.25, 0.3) is 0 Å². The van der Waals surface area contributed by atoms with Crippen LogP contribution in [0.2, 0.25) is 0 Å². The first-order valence-corrected chi connectivity index (χ1v) is 8.31. The lowest BCUT2D eigenvalue weighted by molar-refractivity contribution is 0.0968. The van der Waals surface area contributed by atoms with E-state index in [1.807, 2.05) is 7.11 Å². The minimum atomic E-state index is 0.764. The van der Waals surface area contributed by atoms with Crippen molar-refractivity contribution in [3.63, 3.8) is 0 Å². The predicted molar refractivity (Wildman–Crippen MR) is 88.6 cm³/mol. The van der Waals surface area contributed by atoms with Crippen molar-refractivity contribution in [3.8, 4) is 0 Å². The molecule has 2 rings (SSSR count). The SMILES string of the molecule is CCNCCc1ccc(CN2CCC(COC)CC2)cc1. The quantitative estimate of drug-likeness (QED) is 0.745. The van der Waals surface area contributed by atoms with Crippen molar-refractivity contribution in [3.05, 3.63) is 35.4 Å². The van der Waals surface area contributed by atoms with E-state index in [1.54, 1.807) is 0 Å². The summed E-state index contributed by atoms with van der Waals surface area (Å²) in [6.07, 6.45) is 3.67. The number of benzene rings is 1. The van der Waals surface area contributed by atoms with Gasteiger partial charge in [-0.05, 0) is 62.5 Å². The number of hydrogen-bond donors (Lipinski definition) is 1. The fourth-order valence-electron chi connectivity index (χ4n) is 3.03. The maximum Gasteiger partial charge on any atom is 0.0491 e. The van der Waals surface area contributed by atoms with Gasteiger partial charge in [-0.25, -0.2) is 0 Å². The van der Waals surface area contributed by atoms with Crippen molar-refractivity contribution in [2.75, 3.05) is 39.9 Å². The summed E-state index contributed by atoms with van der Waals surface area (Å²) in [5.41, 5.74) is 2.87. The average Bonchev–Trinajstić information content (AvgIpc) is 2.51. The van der Waals surface area contributed by atoms with Crippen molar-refractivity contribution < 1.29 is 4.74 Å². The number of piperidine rings is 1. The molecule has 118 valence electrons. The van der Waals surface area contributed by atoms with Gasteiger partial charge in [-0.1, -0.05) is 31.2 Å². The van der Waals surface area contributed by atoms with Gasteiger partial charge in [-0.2, -0.15) is 0 Å². The molecule has 1 heterocycles. The van der Waals surface area contributed by atoms with Gasteiger partial charge >= 0.3 is 0 Å². The summed E-state index contributed by atoms with van der Waals surface area (Å²) in [5.74, 6) is 0.764. The monoisotopic (exact) mass is 290 g/mol. The molecule has 1 aliphatic heterocycles. The van der Waals surface area contributed by atoms with Crippen LogP contribution in [-0.2, 0) is 17.7 Å². The van der Waals surface area contributed by atoms with Crippen LogP contribution in [0.1, 0.15) is 30.9 Å². The second-order valence-electron chi connectivity index (χ2n) is 6.09. The highest BCUT2D eigenvalue weighted by Crippen LogP contribution is 2.19. The minimum Gasteiger partial charge on any atom is -0.384 e. The van der Waals surface area contributed by atoms with Crippen molar-refractivity contribution in [2.24, 2.45) is 5.92 Å². The lowest BCUT2D eigenvalue weighted by Crippen LogP contribution is -2.34. The molecule has 0 spiro atoms. The summed E-state index contributed by atoms with van der Waals surface area (Å²) in [6.45, 7) is 8.70. The van der Waals surface area contributed by atoms with Crippen LogP contribution in [0.15, 0.2) is 24.3 Å². The molecule has 1 N–H and O–H groups in total. The third-order valence-electron chi connectivity index (χ3n) is 4.38. The Hall–Kier alpha value is -0.900. The zero-order valence-electron chi connectivity index (χ0n) is 13.6. The largest absolute Gasteiger partial charge is 0.384 e. The Labute approximate surface area is 129 Å². The second kappa shape index (κ2) is 9.19. The Morgan fingerprint density at radius 2 is 1.81 bits per heavy atom. The lowest BCUT2D eigenvalue weighted by atomic mass is 9.97. The molecule has 0 saturated carbocycles. The summed E-state index contributed by atoms with van der Waals surface area (Å²) < 4.78 is 5.26. The van der Waals surface area contributed by atoms with E-state index in [-0.39, 0.29) is 0 Å². The van der Waals surface area contributed by atoms with Gasteiger partial charge in [0.05, 0.1) is 0 Å². The first-order chi connectivity index (χ1) is 10.3. The zero-order valence-corrected chi connectivity index (χ0v) is 13.6. The molecule has 21 heavy (non-hydrogen) atoms. The number of hydrogen-bond acceptors (Lipinski definition) is 3. The number of likely N-dealkylation sites (N-methyl/N-ethyl adjacent to an activating group) is 1. The molecule has 0 radical (unpaired) electrons. The third-order valence-corrected chi connectivity index (χ3v) is 4.38. The van der Waals surface area contributed by atoms with Crippen molar-refractivity contribution >= 4 is 0 Å². The summed E-state index contributed by atoms with van der Waals surface area (Å²) in [7, 11) is 1.81. The Balaban J connectivity index is 1.73. The number of ether oxygens (including phenoxy) is 1. The molecule has 0 atom stereocenters. The number of nitrogens with zero attached hydrogens (tertiary/aromatic N) is 1. The van der Waals surface area contributed by atoms with E-state index >= 15 is 0 Å². The molecule has 1 fully saturated rings. The second-order valence-corrected chi connectivity index (χ2v) is 6.09. The predicted octanol–water partition coefficient (Wildman–Crippen LogP) is 2.70. The standard InChI is InChI=1S/C18H30N2O/c1-3-19-11-8-16-4-6-17(7-5-16)14-20-12-9-18(10-13-20)15-21-2/h4-7,18-19H,3,8-15H2,1-2H3. The topological polar surface area (TPSA) is 24.5 Å². The van der Waals surface area contributed by atoms with E-state index in [0.29, 0.717) is 0 Å². The highest BCUT2D eigenvalue weighted by molar-refractivity contribution is 5.22. The lowest BCUT2D eigenvalue weighted by Gasteiger charge is -2.31. The molecule has 1 saturated heterocycles. The number of rotatable bonds is 8. The maximum atomic E-state index is 5.26. The van der Waals surface area contributed by atoms with Crippen LogP contribution < -0.4 is 5.32 Å². The first kappa shape index (κ1) is 16.5. The first-order valence-electron chi connectivity index (χ1n) is 8.31. The van der Waals surface area contributed by atoms with Crippen LogP contribution in [0.25, 0.3) is 0 Å².